The molecule has 2 aliphatic heterocycles. The van der Waals surface area contributed by atoms with Gasteiger partial charge in [-0.15, -0.1) is 0 Å². The Hall–Kier alpha value is -2.41. The van der Waals surface area contributed by atoms with Gasteiger partial charge in [0.15, 0.2) is 11.5 Å². The molecule has 2 N–H and O–H groups in total. The zero-order valence-electron chi connectivity index (χ0n) is 20.4. The first kappa shape index (κ1) is 27.2. The van der Waals surface area contributed by atoms with Crippen molar-refractivity contribution in [2.45, 2.75) is 45.1 Å². The number of carbonyl (C=O) groups excluding carboxylic acids is 1. The topological polar surface area (TPSA) is 135 Å². The number of aliphatic carboxylic acids is 1. The summed E-state index contributed by atoms with van der Waals surface area (Å²) in [7, 11) is -3.44. The quantitative estimate of drug-likeness (QED) is 0.375. The zero-order valence-corrected chi connectivity index (χ0v) is 21.3. The van der Waals surface area contributed by atoms with Crippen molar-refractivity contribution in [3.05, 3.63) is 23.8 Å². The molecule has 1 amide bonds. The van der Waals surface area contributed by atoms with Gasteiger partial charge in [-0.1, -0.05) is 19.9 Å². The number of hydroxylamine groups is 2. The van der Waals surface area contributed by atoms with Crippen molar-refractivity contribution in [2.75, 3.05) is 45.8 Å². The number of hydrogen-bond acceptors (Lipinski definition) is 8. The lowest BCUT2D eigenvalue weighted by Crippen LogP contribution is -2.45. The molecule has 3 unspecified atom stereocenters. The number of rotatable bonds is 13. The van der Waals surface area contributed by atoms with E-state index in [9.17, 15) is 23.1 Å². The van der Waals surface area contributed by atoms with Crippen LogP contribution < -0.4 is 14.2 Å². The van der Waals surface area contributed by atoms with Crippen molar-refractivity contribution in [1.29, 1.82) is 0 Å². The van der Waals surface area contributed by atoms with Crippen molar-refractivity contribution in [3.8, 4) is 11.5 Å². The predicted octanol–water partition coefficient (Wildman–Crippen LogP) is 1.40. The maximum Gasteiger partial charge on any atom is 0.308 e. The van der Waals surface area contributed by atoms with Crippen LogP contribution in [-0.2, 0) is 24.4 Å². The predicted molar refractivity (Wildman–Crippen MR) is 128 cm³/mol. The molecule has 0 aromatic heterocycles. The maximum atomic E-state index is 13.1. The smallest absolute Gasteiger partial charge is 0.308 e. The third kappa shape index (κ3) is 7.06. The van der Waals surface area contributed by atoms with Crippen molar-refractivity contribution in [1.82, 2.24) is 14.7 Å². The summed E-state index contributed by atoms with van der Waals surface area (Å²) in [4.78, 5) is 33.0. The Morgan fingerprint density at radius 3 is 2.63 bits per heavy atom. The minimum absolute atomic E-state index is 0.0297. The van der Waals surface area contributed by atoms with Crippen molar-refractivity contribution in [2.24, 2.45) is 5.92 Å². The normalized spacial score (nSPS) is 21.9. The number of benzene rings is 1. The Bertz CT molecular complexity index is 1000. The standard InChI is InChI=1S/C23H35N3O8S/c1-4-10-26(34-11-5-2)21(27)14-25-13-17(16-6-7-19-20(12-16)33-15-32-19)22(23(28)29)18(25)8-9-24-35(3,30)31/h6-7,12,17-18,22,24H,4-5,8-11,13-15H2,1-3H3,(H,28,29). The van der Waals surface area contributed by atoms with Crippen LogP contribution in [0.2, 0.25) is 0 Å². The lowest BCUT2D eigenvalue weighted by molar-refractivity contribution is -0.188. The van der Waals surface area contributed by atoms with Crippen LogP contribution in [0.4, 0.5) is 0 Å². The van der Waals surface area contributed by atoms with Crippen molar-refractivity contribution < 1.29 is 37.4 Å². The molecular weight excluding hydrogens is 478 g/mol. The summed E-state index contributed by atoms with van der Waals surface area (Å²) >= 11 is 0. The van der Waals surface area contributed by atoms with Crippen LogP contribution in [0, 0.1) is 5.92 Å². The third-order valence-electron chi connectivity index (χ3n) is 6.16. The molecule has 0 saturated carbocycles. The number of amides is 1. The maximum absolute atomic E-state index is 13.1. The summed E-state index contributed by atoms with van der Waals surface area (Å²) in [5, 5.41) is 11.5. The average Bonchev–Trinajstić information content (AvgIpc) is 3.40. The first-order valence-corrected chi connectivity index (χ1v) is 13.8. The van der Waals surface area contributed by atoms with E-state index in [2.05, 4.69) is 4.72 Å². The third-order valence-corrected chi connectivity index (χ3v) is 6.89. The molecule has 3 rings (SSSR count). The molecule has 0 bridgehead atoms. The number of carboxylic acid groups (broad SMARTS) is 1. The second-order valence-electron chi connectivity index (χ2n) is 8.86. The van der Waals surface area contributed by atoms with Crippen molar-refractivity contribution >= 4 is 21.9 Å². The highest BCUT2D eigenvalue weighted by Crippen LogP contribution is 2.42. The van der Waals surface area contributed by atoms with E-state index >= 15 is 0 Å². The molecule has 0 spiro atoms. The Morgan fingerprint density at radius 1 is 1.23 bits per heavy atom. The van der Waals surface area contributed by atoms with Crippen LogP contribution in [0.1, 0.15) is 44.6 Å². The van der Waals surface area contributed by atoms with Gasteiger partial charge in [0.2, 0.25) is 16.8 Å². The monoisotopic (exact) mass is 513 g/mol. The van der Waals surface area contributed by atoms with Crippen molar-refractivity contribution in [3.63, 3.8) is 0 Å². The van der Waals surface area contributed by atoms with Gasteiger partial charge >= 0.3 is 5.97 Å². The summed E-state index contributed by atoms with van der Waals surface area (Å²) in [6, 6.07) is 4.80. The second-order valence-corrected chi connectivity index (χ2v) is 10.7. The molecule has 12 heteroatoms. The fourth-order valence-corrected chi connectivity index (χ4v) is 5.13. The Labute approximate surface area is 206 Å². The zero-order chi connectivity index (χ0) is 25.6. The van der Waals surface area contributed by atoms with Gasteiger partial charge in [-0.2, -0.15) is 0 Å². The molecule has 2 aliphatic rings. The summed E-state index contributed by atoms with van der Waals surface area (Å²) in [6.45, 7) is 5.20. The number of carboxylic acids is 1. The van der Waals surface area contributed by atoms with Crippen LogP contribution in [0.25, 0.3) is 0 Å². The molecule has 1 aromatic carbocycles. The van der Waals surface area contributed by atoms with E-state index in [1.54, 1.807) is 12.1 Å². The number of fused-ring (bicyclic) bond motifs is 1. The van der Waals surface area contributed by atoms with Gasteiger partial charge < -0.3 is 14.6 Å². The lowest BCUT2D eigenvalue weighted by atomic mass is 9.84. The van der Waals surface area contributed by atoms with E-state index in [1.165, 1.54) is 5.06 Å². The highest BCUT2D eigenvalue weighted by molar-refractivity contribution is 7.88. The number of hydrogen-bond donors (Lipinski definition) is 2. The first-order valence-electron chi connectivity index (χ1n) is 11.9. The molecule has 1 fully saturated rings. The largest absolute Gasteiger partial charge is 0.481 e. The molecule has 3 atom stereocenters. The van der Waals surface area contributed by atoms with Crippen LogP contribution in [0.3, 0.4) is 0 Å². The van der Waals surface area contributed by atoms with E-state index in [4.69, 9.17) is 14.3 Å². The molecule has 1 aromatic rings. The van der Waals surface area contributed by atoms with Gasteiger partial charge in [-0.05, 0) is 37.0 Å². The minimum Gasteiger partial charge on any atom is -0.481 e. The van der Waals surface area contributed by atoms with E-state index in [-0.39, 0.29) is 32.2 Å². The van der Waals surface area contributed by atoms with E-state index in [1.807, 2.05) is 24.8 Å². The van der Waals surface area contributed by atoms with E-state index in [0.29, 0.717) is 37.6 Å². The van der Waals surface area contributed by atoms with Crippen LogP contribution in [0.15, 0.2) is 18.2 Å². The second kappa shape index (κ2) is 12.0. The van der Waals surface area contributed by atoms with Gasteiger partial charge in [-0.3, -0.25) is 19.3 Å². The molecule has 0 radical (unpaired) electrons. The number of sulfonamides is 1. The van der Waals surface area contributed by atoms with Gasteiger partial charge in [0.05, 0.1) is 25.3 Å². The summed E-state index contributed by atoms with van der Waals surface area (Å²) in [5.41, 5.74) is 0.769. The summed E-state index contributed by atoms with van der Waals surface area (Å²) in [5.74, 6) is -1.37. The highest BCUT2D eigenvalue weighted by Gasteiger charge is 2.47. The molecule has 0 aliphatic carbocycles. The first-order chi connectivity index (χ1) is 16.6. The fourth-order valence-electron chi connectivity index (χ4n) is 4.64. The SMILES string of the molecule is CCCON(CCC)C(=O)CN1CC(c2ccc3c(c2)OCO3)C(C(=O)O)C1CCNS(C)(=O)=O. The van der Waals surface area contributed by atoms with Gasteiger partial charge in [0.25, 0.3) is 5.91 Å². The highest BCUT2D eigenvalue weighted by atomic mass is 32.2. The van der Waals surface area contributed by atoms with Crippen LogP contribution in [-0.4, -0.2) is 87.2 Å². The van der Waals surface area contributed by atoms with Gasteiger partial charge in [0.1, 0.15) is 0 Å². The molecule has 196 valence electrons. The molecule has 35 heavy (non-hydrogen) atoms. The Morgan fingerprint density at radius 2 is 1.97 bits per heavy atom. The number of likely N-dealkylation sites (tertiary alicyclic amines) is 1. The van der Waals surface area contributed by atoms with E-state index in [0.717, 1.165) is 18.2 Å². The summed E-state index contributed by atoms with van der Waals surface area (Å²) < 4.78 is 36.5. The lowest BCUT2D eigenvalue weighted by Gasteiger charge is -2.29. The average molecular weight is 514 g/mol. The van der Waals surface area contributed by atoms with Gasteiger partial charge in [0, 0.05) is 31.6 Å². The molecule has 1 saturated heterocycles. The Kier molecular flexibility index (Phi) is 9.34. The number of nitrogens with zero attached hydrogens (tertiary/aromatic N) is 2. The van der Waals surface area contributed by atoms with E-state index < -0.39 is 33.9 Å². The van der Waals surface area contributed by atoms with Crippen LogP contribution >= 0.6 is 0 Å². The van der Waals surface area contributed by atoms with Crippen LogP contribution in [0.5, 0.6) is 11.5 Å². The minimum atomic E-state index is -3.44. The fraction of sp³-hybridized carbons (Fsp3) is 0.652. The molecular formula is C23H35N3O8S. The Balaban J connectivity index is 1.86. The van der Waals surface area contributed by atoms with Gasteiger partial charge in [-0.25, -0.2) is 18.2 Å². The number of nitrogens with one attached hydrogen (secondary N) is 1. The summed E-state index contributed by atoms with van der Waals surface area (Å²) in [6.07, 6.45) is 2.77. The molecule has 11 nitrogen and oxygen atoms in total. The molecule has 2 heterocycles. The number of ether oxygens (including phenoxy) is 2. The number of carbonyl (C=O) groups is 2.